The van der Waals surface area contributed by atoms with Crippen LogP contribution in [0.4, 0.5) is 0 Å². The number of aliphatic carboxylic acids is 1. The largest absolute Gasteiger partial charge is 0.507 e. The van der Waals surface area contributed by atoms with Crippen molar-refractivity contribution in [2.45, 2.75) is 111 Å². The normalized spacial score (nSPS) is 14.4. The number of aliphatic imine (C=N–C) groups is 2. The van der Waals surface area contributed by atoms with Crippen LogP contribution in [0, 0.1) is 0 Å². The number of phenolic OH excluding ortho intramolecular Hbond substituents is 2. The number of hydrogen-bond donors (Lipinski definition) is 3. The molecule has 0 fully saturated rings. The summed E-state index contributed by atoms with van der Waals surface area (Å²) in [6.07, 6.45) is 2.96. The molecule has 1 unspecified atom stereocenters. The summed E-state index contributed by atoms with van der Waals surface area (Å²) >= 11 is 0. The lowest BCUT2D eigenvalue weighted by Crippen LogP contribution is -2.22. The average molecular weight is 537 g/mol. The summed E-state index contributed by atoms with van der Waals surface area (Å²) in [5.41, 5.74) is 3.82. The molecule has 0 aliphatic heterocycles. The third-order valence-corrected chi connectivity index (χ3v) is 6.81. The van der Waals surface area contributed by atoms with E-state index >= 15 is 0 Å². The molecule has 0 aromatic heterocycles. The average Bonchev–Trinajstić information content (AvgIpc) is 2.74. The smallest absolute Gasteiger partial charge is 0.330 e. The summed E-state index contributed by atoms with van der Waals surface area (Å²) < 4.78 is 0. The van der Waals surface area contributed by atoms with Crippen LogP contribution in [0.3, 0.4) is 0 Å². The maximum atomic E-state index is 12.0. The van der Waals surface area contributed by atoms with Crippen LogP contribution in [-0.4, -0.2) is 46.3 Å². The molecule has 1 atom stereocenters. The molecular weight excluding hydrogens is 488 g/mol. The van der Waals surface area contributed by atoms with E-state index in [-0.39, 0.29) is 39.7 Å². The van der Waals surface area contributed by atoms with Crippen molar-refractivity contribution in [3.63, 3.8) is 0 Å². The minimum Gasteiger partial charge on any atom is -0.507 e. The molecule has 39 heavy (non-hydrogen) atoms. The quantitative estimate of drug-likeness (QED) is 0.338. The van der Waals surface area contributed by atoms with Gasteiger partial charge in [0, 0.05) is 34.7 Å². The maximum Gasteiger partial charge on any atom is 0.330 e. The molecule has 0 aliphatic carbocycles. The van der Waals surface area contributed by atoms with Crippen LogP contribution < -0.4 is 0 Å². The summed E-state index contributed by atoms with van der Waals surface area (Å²) in [4.78, 5) is 20.7. The zero-order chi connectivity index (χ0) is 30.1. The highest BCUT2D eigenvalue weighted by Crippen LogP contribution is 2.38. The van der Waals surface area contributed by atoms with Crippen molar-refractivity contribution in [2.75, 3.05) is 6.54 Å². The van der Waals surface area contributed by atoms with Crippen LogP contribution in [0.2, 0.25) is 0 Å². The second-order valence-electron chi connectivity index (χ2n) is 14.5. The summed E-state index contributed by atoms with van der Waals surface area (Å²) in [5.74, 6) is -0.868. The van der Waals surface area contributed by atoms with Gasteiger partial charge in [-0.15, -0.1) is 0 Å². The first-order chi connectivity index (χ1) is 17.5. The van der Waals surface area contributed by atoms with E-state index in [9.17, 15) is 20.1 Å². The van der Waals surface area contributed by atoms with Gasteiger partial charge in [-0.3, -0.25) is 9.98 Å². The Labute approximate surface area is 234 Å². The Morgan fingerprint density at radius 3 is 1.41 bits per heavy atom. The number of phenols is 2. The molecule has 0 aliphatic rings. The number of hydrogen-bond acceptors (Lipinski definition) is 5. The number of rotatable bonds is 6. The van der Waals surface area contributed by atoms with Crippen molar-refractivity contribution in [3.8, 4) is 11.5 Å². The van der Waals surface area contributed by atoms with E-state index in [1.165, 1.54) is 12.4 Å². The summed E-state index contributed by atoms with van der Waals surface area (Å²) in [5, 5.41) is 31.8. The molecule has 0 spiro atoms. The van der Waals surface area contributed by atoms with E-state index in [0.717, 1.165) is 22.3 Å². The number of carbonyl (C=O) groups is 1. The zero-order valence-corrected chi connectivity index (χ0v) is 25.9. The fraction of sp³-hybridized carbons (Fsp3) is 0.545. The van der Waals surface area contributed by atoms with E-state index in [0.29, 0.717) is 11.1 Å². The van der Waals surface area contributed by atoms with Crippen molar-refractivity contribution in [1.82, 2.24) is 0 Å². The standard InChI is InChI=1S/C33H48N2O4/c1-30(2,3)22-13-20(27(36)24(15-22)32(7,8)9)17-34-19-26(29(38)39)35-18-21-14-23(31(4,5)6)16-25(28(21)37)33(10,11)12/h13-18,26,36-37H,19H2,1-12H3,(H,38,39). The summed E-state index contributed by atoms with van der Waals surface area (Å²) in [6.45, 7) is 24.7. The molecule has 6 heteroatoms. The zero-order valence-electron chi connectivity index (χ0n) is 25.9. The van der Waals surface area contributed by atoms with Crippen LogP contribution in [0.1, 0.15) is 116 Å². The Balaban J connectivity index is 2.47. The van der Waals surface area contributed by atoms with Crippen molar-refractivity contribution in [2.24, 2.45) is 9.98 Å². The molecule has 214 valence electrons. The second-order valence-corrected chi connectivity index (χ2v) is 14.5. The highest BCUT2D eigenvalue weighted by molar-refractivity contribution is 5.88. The fourth-order valence-corrected chi connectivity index (χ4v) is 4.13. The van der Waals surface area contributed by atoms with Gasteiger partial charge in [0.05, 0.1) is 6.54 Å². The molecule has 0 saturated carbocycles. The molecular formula is C33H48N2O4. The van der Waals surface area contributed by atoms with E-state index < -0.39 is 12.0 Å². The molecule has 3 N–H and O–H groups in total. The maximum absolute atomic E-state index is 12.0. The fourth-order valence-electron chi connectivity index (χ4n) is 4.13. The van der Waals surface area contributed by atoms with E-state index in [4.69, 9.17) is 0 Å². The first-order valence-electron chi connectivity index (χ1n) is 13.5. The number of carboxylic acids is 1. The van der Waals surface area contributed by atoms with Gasteiger partial charge in [0.15, 0.2) is 6.04 Å². The molecule has 2 aromatic rings. The van der Waals surface area contributed by atoms with Crippen molar-refractivity contribution in [1.29, 1.82) is 0 Å². The van der Waals surface area contributed by atoms with Crippen molar-refractivity contribution in [3.05, 3.63) is 57.6 Å². The van der Waals surface area contributed by atoms with Crippen LogP contribution in [0.5, 0.6) is 11.5 Å². The summed E-state index contributed by atoms with van der Waals surface area (Å²) in [7, 11) is 0. The molecule has 6 nitrogen and oxygen atoms in total. The Morgan fingerprint density at radius 1 is 0.692 bits per heavy atom. The second kappa shape index (κ2) is 11.1. The molecule has 2 aromatic carbocycles. The van der Waals surface area contributed by atoms with Gasteiger partial charge in [0.2, 0.25) is 0 Å². The van der Waals surface area contributed by atoms with Crippen LogP contribution in [0.25, 0.3) is 0 Å². The molecule has 0 bridgehead atoms. The molecule has 0 heterocycles. The van der Waals surface area contributed by atoms with Gasteiger partial charge < -0.3 is 15.3 Å². The van der Waals surface area contributed by atoms with Gasteiger partial charge in [0.1, 0.15) is 11.5 Å². The Hall–Kier alpha value is -3.15. The summed E-state index contributed by atoms with van der Waals surface area (Å²) in [6, 6.07) is 6.65. The predicted molar refractivity (Wildman–Crippen MR) is 162 cm³/mol. The van der Waals surface area contributed by atoms with Gasteiger partial charge in [-0.05, 0) is 44.9 Å². The highest BCUT2D eigenvalue weighted by Gasteiger charge is 2.26. The number of benzene rings is 2. The Morgan fingerprint density at radius 2 is 1.08 bits per heavy atom. The minimum absolute atomic E-state index is 0.102. The number of carboxylic acid groups (broad SMARTS) is 1. The van der Waals surface area contributed by atoms with Gasteiger partial charge in [-0.1, -0.05) is 95.2 Å². The highest BCUT2D eigenvalue weighted by atomic mass is 16.4. The monoisotopic (exact) mass is 536 g/mol. The lowest BCUT2D eigenvalue weighted by atomic mass is 9.79. The third-order valence-electron chi connectivity index (χ3n) is 6.81. The van der Waals surface area contributed by atoms with Gasteiger partial charge in [-0.25, -0.2) is 4.79 Å². The van der Waals surface area contributed by atoms with Gasteiger partial charge >= 0.3 is 5.97 Å². The van der Waals surface area contributed by atoms with Crippen LogP contribution in [0.15, 0.2) is 34.3 Å². The first kappa shape index (κ1) is 32.1. The topological polar surface area (TPSA) is 102 Å². The van der Waals surface area contributed by atoms with E-state index in [1.54, 1.807) is 0 Å². The molecule has 0 radical (unpaired) electrons. The van der Waals surface area contributed by atoms with E-state index in [2.05, 4.69) is 51.5 Å². The number of nitrogens with zero attached hydrogens (tertiary/aromatic N) is 2. The van der Waals surface area contributed by atoms with Crippen LogP contribution in [-0.2, 0) is 26.5 Å². The van der Waals surface area contributed by atoms with Crippen molar-refractivity contribution < 1.29 is 20.1 Å². The minimum atomic E-state index is -1.15. The molecule has 0 saturated heterocycles. The molecule has 2 rings (SSSR count). The lowest BCUT2D eigenvalue weighted by Gasteiger charge is -2.27. The first-order valence-corrected chi connectivity index (χ1v) is 13.5. The molecule has 0 amide bonds. The third kappa shape index (κ3) is 8.17. The van der Waals surface area contributed by atoms with Gasteiger partial charge in [-0.2, -0.15) is 0 Å². The number of aromatic hydroxyl groups is 2. The Bertz CT molecular complexity index is 1260. The van der Waals surface area contributed by atoms with Crippen molar-refractivity contribution >= 4 is 18.4 Å². The predicted octanol–water partition coefficient (Wildman–Crippen LogP) is 7.28. The van der Waals surface area contributed by atoms with Crippen LogP contribution >= 0.6 is 0 Å². The lowest BCUT2D eigenvalue weighted by molar-refractivity contribution is -0.138. The Kier molecular flexibility index (Phi) is 9.17. The SMILES string of the molecule is CC(C)(C)c1cc(C=NCC(N=Cc2cc(C(C)(C)C)cc(C(C)(C)C)c2O)C(=O)O)c(O)c(C(C)(C)C)c1. The van der Waals surface area contributed by atoms with E-state index in [1.807, 2.05) is 65.8 Å². The van der Waals surface area contributed by atoms with Gasteiger partial charge in [0.25, 0.3) is 0 Å².